The minimum atomic E-state index is -0.751. The van der Waals surface area contributed by atoms with Gasteiger partial charge in [-0.25, -0.2) is 0 Å². The van der Waals surface area contributed by atoms with Gasteiger partial charge in [-0.2, -0.15) is 0 Å². The molecule has 0 bridgehead atoms. The number of nitrogens with two attached hydrogens (primary N) is 1. The minimum absolute atomic E-state index is 0.145. The maximum Gasteiger partial charge on any atom is 0.163 e. The highest BCUT2D eigenvalue weighted by atomic mass is 16.5. The fourth-order valence-corrected chi connectivity index (χ4v) is 0.989. The van der Waals surface area contributed by atoms with Gasteiger partial charge in [0.25, 0.3) is 0 Å². The number of hydrogen-bond acceptors (Lipinski definition) is 5. The minimum Gasteiger partial charge on any atom is -0.384 e. The van der Waals surface area contributed by atoms with Gasteiger partial charge in [-0.05, 0) is 0 Å². The summed E-state index contributed by atoms with van der Waals surface area (Å²) in [6.45, 7) is 1.32. The van der Waals surface area contributed by atoms with E-state index in [-0.39, 0.29) is 6.54 Å². The van der Waals surface area contributed by atoms with Crippen LogP contribution in [0.3, 0.4) is 0 Å². The van der Waals surface area contributed by atoms with Gasteiger partial charge in [-0.1, -0.05) is 0 Å². The molecule has 0 amide bonds. The van der Waals surface area contributed by atoms with Crippen LogP contribution in [0.25, 0.3) is 0 Å². The summed E-state index contributed by atoms with van der Waals surface area (Å²) in [7, 11) is 1.61. The molecule has 1 heterocycles. The van der Waals surface area contributed by atoms with Gasteiger partial charge in [0.05, 0.1) is 6.61 Å². The lowest BCUT2D eigenvalue weighted by Gasteiger charge is -2.09. The van der Waals surface area contributed by atoms with Gasteiger partial charge in [0, 0.05) is 20.2 Å². The summed E-state index contributed by atoms with van der Waals surface area (Å²) in [6.07, 6.45) is 0.798. The van der Waals surface area contributed by atoms with Gasteiger partial charge in [0.2, 0.25) is 0 Å². The first-order chi connectivity index (χ1) is 6.29. The lowest BCUT2D eigenvalue weighted by molar-refractivity contribution is 0.158. The maximum atomic E-state index is 9.41. The van der Waals surface area contributed by atoms with Crippen LogP contribution >= 0.6 is 0 Å². The first-order valence-electron chi connectivity index (χ1n) is 4.04. The first kappa shape index (κ1) is 10.1. The molecule has 0 spiro atoms. The van der Waals surface area contributed by atoms with Crippen LogP contribution in [0.2, 0.25) is 0 Å². The number of aliphatic hydroxyl groups is 1. The highest BCUT2D eigenvalue weighted by Gasteiger charge is 2.12. The smallest absolute Gasteiger partial charge is 0.163 e. The van der Waals surface area contributed by atoms with E-state index < -0.39 is 6.10 Å². The molecule has 0 fully saturated rings. The zero-order chi connectivity index (χ0) is 9.68. The monoisotopic (exact) mass is 186 g/mol. The average molecular weight is 186 g/mol. The molecule has 6 heteroatoms. The standard InChI is InChI=1S/C7H14N4O2/c1-13-3-2-11-5-9-10-7(11)6(12)4-8/h5-6,12H,2-4,8H2,1H3/t6-/m0/s1. The molecule has 1 rings (SSSR count). The Kier molecular flexibility index (Phi) is 3.81. The van der Waals surface area contributed by atoms with E-state index in [2.05, 4.69) is 10.2 Å². The Morgan fingerprint density at radius 1 is 1.77 bits per heavy atom. The van der Waals surface area contributed by atoms with Crippen LogP contribution in [0.1, 0.15) is 11.9 Å². The van der Waals surface area contributed by atoms with Crippen LogP contribution in [0.4, 0.5) is 0 Å². The summed E-state index contributed by atoms with van der Waals surface area (Å²) in [4.78, 5) is 0. The topological polar surface area (TPSA) is 86.2 Å². The van der Waals surface area contributed by atoms with Crippen molar-refractivity contribution in [1.29, 1.82) is 0 Å². The molecule has 0 aliphatic carbocycles. The maximum absolute atomic E-state index is 9.41. The molecule has 0 radical (unpaired) electrons. The molecule has 1 atom stereocenters. The number of methoxy groups -OCH3 is 1. The lowest BCUT2D eigenvalue weighted by atomic mass is 10.3. The predicted octanol–water partition coefficient (Wildman–Crippen LogP) is -1.08. The fraction of sp³-hybridized carbons (Fsp3) is 0.714. The third-order valence-corrected chi connectivity index (χ3v) is 1.70. The zero-order valence-electron chi connectivity index (χ0n) is 7.55. The lowest BCUT2D eigenvalue weighted by Crippen LogP contribution is -2.18. The van der Waals surface area contributed by atoms with Gasteiger partial charge in [0.1, 0.15) is 12.4 Å². The molecule has 0 unspecified atom stereocenters. The molecule has 1 aromatic rings. The highest BCUT2D eigenvalue weighted by molar-refractivity contribution is 4.91. The molecule has 3 N–H and O–H groups in total. The number of aromatic nitrogens is 3. The van der Waals surface area contributed by atoms with Crippen LogP contribution < -0.4 is 5.73 Å². The Hall–Kier alpha value is -0.980. The second kappa shape index (κ2) is 4.90. The van der Waals surface area contributed by atoms with Crippen molar-refractivity contribution in [3.05, 3.63) is 12.2 Å². The van der Waals surface area contributed by atoms with Crippen molar-refractivity contribution in [3.8, 4) is 0 Å². The average Bonchev–Trinajstić information content (AvgIpc) is 2.61. The molecule has 0 aliphatic heterocycles. The fourth-order valence-electron chi connectivity index (χ4n) is 0.989. The summed E-state index contributed by atoms with van der Waals surface area (Å²) in [6, 6.07) is 0. The molecule has 0 aromatic carbocycles. The van der Waals surface area contributed by atoms with Gasteiger partial charge in [-0.15, -0.1) is 10.2 Å². The number of hydrogen-bond donors (Lipinski definition) is 2. The van der Waals surface area contributed by atoms with E-state index in [9.17, 15) is 5.11 Å². The van der Waals surface area contributed by atoms with Gasteiger partial charge in [0.15, 0.2) is 5.82 Å². The second-order valence-electron chi connectivity index (χ2n) is 2.63. The summed E-state index contributed by atoms with van der Waals surface area (Å²) in [5.41, 5.74) is 5.30. The molecule has 6 nitrogen and oxygen atoms in total. The molecule has 0 aliphatic rings. The van der Waals surface area contributed by atoms with Gasteiger partial charge in [-0.3, -0.25) is 0 Å². The largest absolute Gasteiger partial charge is 0.384 e. The summed E-state index contributed by atoms with van der Waals surface area (Å²) < 4.78 is 6.62. The highest BCUT2D eigenvalue weighted by Crippen LogP contribution is 2.06. The Bertz CT molecular complexity index is 250. The normalized spacial score (nSPS) is 13.2. The molecule has 74 valence electrons. The SMILES string of the molecule is COCCn1cnnc1[C@@H](O)CN. The van der Waals surface area contributed by atoms with E-state index in [0.717, 1.165) is 0 Å². The van der Waals surface area contributed by atoms with E-state index in [1.807, 2.05) is 0 Å². The number of aliphatic hydroxyl groups excluding tert-OH is 1. The predicted molar refractivity (Wildman–Crippen MR) is 45.9 cm³/mol. The number of rotatable bonds is 5. The van der Waals surface area contributed by atoms with E-state index in [1.165, 1.54) is 0 Å². The summed E-state index contributed by atoms with van der Waals surface area (Å²) >= 11 is 0. The molecule has 0 saturated carbocycles. The Balaban J connectivity index is 2.65. The van der Waals surface area contributed by atoms with Crippen LogP contribution in [-0.4, -0.2) is 40.1 Å². The third-order valence-electron chi connectivity index (χ3n) is 1.70. The van der Waals surface area contributed by atoms with Crippen LogP contribution in [0.5, 0.6) is 0 Å². The van der Waals surface area contributed by atoms with Crippen molar-refractivity contribution in [1.82, 2.24) is 14.8 Å². The quantitative estimate of drug-likeness (QED) is 0.610. The summed E-state index contributed by atoms with van der Waals surface area (Å²) in [5.74, 6) is 0.486. The van der Waals surface area contributed by atoms with E-state index in [0.29, 0.717) is 19.0 Å². The van der Waals surface area contributed by atoms with E-state index in [1.54, 1.807) is 18.0 Å². The molecular weight excluding hydrogens is 172 g/mol. The Morgan fingerprint density at radius 2 is 2.54 bits per heavy atom. The second-order valence-corrected chi connectivity index (χ2v) is 2.63. The summed E-state index contributed by atoms with van der Waals surface area (Å²) in [5, 5.41) is 16.9. The van der Waals surface area contributed by atoms with Crippen LogP contribution in [0.15, 0.2) is 6.33 Å². The van der Waals surface area contributed by atoms with E-state index in [4.69, 9.17) is 10.5 Å². The molecular formula is C7H14N4O2. The van der Waals surface area contributed by atoms with Gasteiger partial charge >= 0.3 is 0 Å². The van der Waals surface area contributed by atoms with Crippen molar-refractivity contribution >= 4 is 0 Å². The van der Waals surface area contributed by atoms with E-state index >= 15 is 0 Å². The van der Waals surface area contributed by atoms with Crippen molar-refractivity contribution in [2.75, 3.05) is 20.3 Å². The Morgan fingerprint density at radius 3 is 3.15 bits per heavy atom. The van der Waals surface area contributed by atoms with Crippen molar-refractivity contribution in [2.45, 2.75) is 12.6 Å². The molecule has 1 aromatic heterocycles. The molecule has 13 heavy (non-hydrogen) atoms. The van der Waals surface area contributed by atoms with Gasteiger partial charge < -0.3 is 20.1 Å². The number of nitrogens with zero attached hydrogens (tertiary/aromatic N) is 3. The first-order valence-corrected chi connectivity index (χ1v) is 4.04. The zero-order valence-corrected chi connectivity index (χ0v) is 7.55. The number of ether oxygens (including phenoxy) is 1. The van der Waals surface area contributed by atoms with Crippen molar-refractivity contribution in [2.24, 2.45) is 5.73 Å². The van der Waals surface area contributed by atoms with Crippen molar-refractivity contribution < 1.29 is 9.84 Å². The molecule has 0 saturated heterocycles. The third kappa shape index (κ3) is 2.48. The Labute approximate surface area is 76.3 Å². The van der Waals surface area contributed by atoms with Crippen LogP contribution in [-0.2, 0) is 11.3 Å². The van der Waals surface area contributed by atoms with Crippen LogP contribution in [0, 0.1) is 0 Å². The van der Waals surface area contributed by atoms with Crippen molar-refractivity contribution in [3.63, 3.8) is 0 Å².